The average Bonchev–Trinajstić information content (AvgIpc) is 3.35. The van der Waals surface area contributed by atoms with Crippen molar-refractivity contribution in [3.8, 4) is 67.4 Å². The molecular weight excluding hydrogens is 546 g/mol. The van der Waals surface area contributed by atoms with Crippen molar-refractivity contribution in [2.45, 2.75) is 19.3 Å². The monoisotopic (exact) mass is 577 g/mol. The van der Waals surface area contributed by atoms with Crippen LogP contribution in [-0.2, 0) is 5.41 Å². The fourth-order valence-corrected chi connectivity index (χ4v) is 6.63. The van der Waals surface area contributed by atoms with E-state index in [0.717, 1.165) is 39.3 Å². The van der Waals surface area contributed by atoms with Gasteiger partial charge in [0.05, 0.1) is 17.1 Å². The highest BCUT2D eigenvalue weighted by molar-refractivity contribution is 5.93. The van der Waals surface area contributed by atoms with Gasteiger partial charge in [-0.05, 0) is 57.6 Å². The summed E-state index contributed by atoms with van der Waals surface area (Å²) < 4.78 is 0. The van der Waals surface area contributed by atoms with Crippen molar-refractivity contribution in [3.63, 3.8) is 0 Å². The summed E-state index contributed by atoms with van der Waals surface area (Å²) in [4.78, 5) is 14.9. The molecule has 3 heteroatoms. The molecule has 45 heavy (non-hydrogen) atoms. The van der Waals surface area contributed by atoms with E-state index in [1.807, 2.05) is 42.6 Å². The fourth-order valence-electron chi connectivity index (χ4n) is 6.63. The van der Waals surface area contributed by atoms with Crippen LogP contribution in [0.15, 0.2) is 152 Å². The smallest absolute Gasteiger partial charge is 0.160 e. The molecule has 0 bridgehead atoms. The Labute approximate surface area is 264 Å². The van der Waals surface area contributed by atoms with E-state index in [-0.39, 0.29) is 5.41 Å². The molecule has 0 atom stereocenters. The number of hydrogen-bond donors (Lipinski definition) is 0. The van der Waals surface area contributed by atoms with Crippen molar-refractivity contribution in [2.24, 2.45) is 0 Å². The van der Waals surface area contributed by atoms with Crippen LogP contribution in [0, 0.1) is 0 Å². The number of benzene rings is 5. The quantitative estimate of drug-likeness (QED) is 0.204. The van der Waals surface area contributed by atoms with Crippen molar-refractivity contribution in [3.05, 3.63) is 163 Å². The first kappa shape index (κ1) is 26.9. The Morgan fingerprint density at radius 3 is 1.78 bits per heavy atom. The third-order valence-electron chi connectivity index (χ3n) is 8.96. The minimum absolute atomic E-state index is 0.0458. The van der Waals surface area contributed by atoms with E-state index < -0.39 is 0 Å². The molecule has 2 heterocycles. The Bertz CT molecular complexity index is 2170. The van der Waals surface area contributed by atoms with Gasteiger partial charge in [0.25, 0.3) is 0 Å². The van der Waals surface area contributed by atoms with E-state index in [4.69, 9.17) is 15.0 Å². The zero-order valence-electron chi connectivity index (χ0n) is 25.3. The minimum Gasteiger partial charge on any atom is -0.256 e. The van der Waals surface area contributed by atoms with Gasteiger partial charge in [-0.25, -0.2) is 9.97 Å². The summed E-state index contributed by atoms with van der Waals surface area (Å²) in [6.07, 6.45) is 1.91. The van der Waals surface area contributed by atoms with Crippen LogP contribution in [0.4, 0.5) is 0 Å². The van der Waals surface area contributed by atoms with Gasteiger partial charge in [-0.15, -0.1) is 0 Å². The lowest BCUT2D eigenvalue weighted by Gasteiger charge is -2.21. The number of rotatable bonds is 5. The lowest BCUT2D eigenvalue weighted by molar-refractivity contribution is 0.660. The molecule has 5 aromatic carbocycles. The minimum atomic E-state index is -0.0458. The molecule has 0 fully saturated rings. The maximum absolute atomic E-state index is 5.10. The molecule has 0 saturated carbocycles. The number of pyridine rings is 1. The maximum atomic E-state index is 5.10. The maximum Gasteiger partial charge on any atom is 0.160 e. The number of nitrogens with zero attached hydrogens (tertiary/aromatic N) is 3. The van der Waals surface area contributed by atoms with E-state index in [1.165, 1.54) is 33.4 Å². The molecule has 0 spiro atoms. The molecule has 8 rings (SSSR count). The summed E-state index contributed by atoms with van der Waals surface area (Å²) in [6, 6.07) is 50.9. The summed E-state index contributed by atoms with van der Waals surface area (Å²) in [7, 11) is 0. The summed E-state index contributed by atoms with van der Waals surface area (Å²) in [5, 5.41) is 0. The molecule has 7 aromatic rings. The molecule has 0 unspecified atom stereocenters. The second-order valence-electron chi connectivity index (χ2n) is 12.1. The van der Waals surface area contributed by atoms with Crippen molar-refractivity contribution in [1.82, 2.24) is 15.0 Å². The highest BCUT2D eigenvalue weighted by atomic mass is 14.9. The Balaban J connectivity index is 1.25. The van der Waals surface area contributed by atoms with Crippen LogP contribution in [0.2, 0.25) is 0 Å². The lowest BCUT2D eigenvalue weighted by atomic mass is 9.82. The lowest BCUT2D eigenvalue weighted by Crippen LogP contribution is -2.14. The largest absolute Gasteiger partial charge is 0.256 e. The van der Waals surface area contributed by atoms with Crippen LogP contribution in [0.3, 0.4) is 0 Å². The zero-order valence-corrected chi connectivity index (χ0v) is 25.3. The predicted molar refractivity (Wildman–Crippen MR) is 185 cm³/mol. The van der Waals surface area contributed by atoms with Gasteiger partial charge in [-0.1, -0.05) is 135 Å². The Hall–Kier alpha value is -5.67. The Kier molecular flexibility index (Phi) is 6.46. The van der Waals surface area contributed by atoms with Gasteiger partial charge < -0.3 is 0 Å². The SMILES string of the molecule is CC1(C)c2ccccc2-c2c(-c3cccc(-c4cc(-c5ccc(-c6ccccc6)nc5)nc(-c5ccccc5)n4)c3)cccc21. The molecule has 0 saturated heterocycles. The van der Waals surface area contributed by atoms with Gasteiger partial charge in [0.2, 0.25) is 0 Å². The first-order valence-corrected chi connectivity index (χ1v) is 15.4. The highest BCUT2D eigenvalue weighted by Gasteiger charge is 2.36. The van der Waals surface area contributed by atoms with Crippen LogP contribution >= 0.6 is 0 Å². The Morgan fingerprint density at radius 1 is 0.422 bits per heavy atom. The highest BCUT2D eigenvalue weighted by Crippen LogP contribution is 2.52. The summed E-state index contributed by atoms with van der Waals surface area (Å²) in [6.45, 7) is 4.65. The van der Waals surface area contributed by atoms with Gasteiger partial charge in [-0.3, -0.25) is 4.98 Å². The number of hydrogen-bond acceptors (Lipinski definition) is 3. The molecule has 1 aliphatic carbocycles. The molecular formula is C42H31N3. The zero-order chi connectivity index (χ0) is 30.4. The van der Waals surface area contributed by atoms with Crippen molar-refractivity contribution in [2.75, 3.05) is 0 Å². The van der Waals surface area contributed by atoms with Crippen LogP contribution in [0.5, 0.6) is 0 Å². The van der Waals surface area contributed by atoms with Crippen molar-refractivity contribution < 1.29 is 0 Å². The second kappa shape index (κ2) is 10.8. The van der Waals surface area contributed by atoms with Crippen molar-refractivity contribution in [1.29, 1.82) is 0 Å². The molecule has 2 aromatic heterocycles. The third kappa shape index (κ3) is 4.74. The van der Waals surface area contributed by atoms with Crippen LogP contribution in [0.25, 0.3) is 67.4 Å². The molecule has 0 aliphatic heterocycles. The molecule has 0 N–H and O–H groups in total. The number of aromatic nitrogens is 3. The molecule has 214 valence electrons. The van der Waals surface area contributed by atoms with Gasteiger partial charge in [-0.2, -0.15) is 0 Å². The molecule has 3 nitrogen and oxygen atoms in total. The normalized spacial score (nSPS) is 12.8. The molecule has 1 aliphatic rings. The van der Waals surface area contributed by atoms with Gasteiger partial charge in [0.15, 0.2) is 5.82 Å². The summed E-state index contributed by atoms with van der Waals surface area (Å²) in [5.74, 6) is 0.692. The van der Waals surface area contributed by atoms with E-state index in [2.05, 4.69) is 123 Å². The topological polar surface area (TPSA) is 38.7 Å². The van der Waals surface area contributed by atoms with Gasteiger partial charge in [0, 0.05) is 33.9 Å². The van der Waals surface area contributed by atoms with Crippen LogP contribution < -0.4 is 0 Å². The van der Waals surface area contributed by atoms with Crippen molar-refractivity contribution >= 4 is 0 Å². The average molecular weight is 578 g/mol. The molecule has 0 amide bonds. The van der Waals surface area contributed by atoms with Crippen LogP contribution in [0.1, 0.15) is 25.0 Å². The van der Waals surface area contributed by atoms with E-state index in [9.17, 15) is 0 Å². The Morgan fingerprint density at radius 2 is 1.02 bits per heavy atom. The second-order valence-corrected chi connectivity index (χ2v) is 12.1. The first-order valence-electron chi connectivity index (χ1n) is 15.4. The third-order valence-corrected chi connectivity index (χ3v) is 8.96. The fraction of sp³-hybridized carbons (Fsp3) is 0.0714. The number of fused-ring (bicyclic) bond motifs is 3. The van der Waals surface area contributed by atoms with Gasteiger partial charge in [0.1, 0.15) is 0 Å². The summed E-state index contributed by atoms with van der Waals surface area (Å²) >= 11 is 0. The van der Waals surface area contributed by atoms with E-state index in [0.29, 0.717) is 5.82 Å². The molecule has 0 radical (unpaired) electrons. The van der Waals surface area contributed by atoms with Crippen LogP contribution in [-0.4, -0.2) is 15.0 Å². The van der Waals surface area contributed by atoms with E-state index >= 15 is 0 Å². The summed E-state index contributed by atoms with van der Waals surface area (Å²) in [5.41, 5.74) is 14.5. The standard InChI is InChI=1S/C42H31N3/c1-42(2)35-21-10-9-19-34(35)40-33(20-12-22-36(40)42)30-17-11-18-31(25-30)38-26-39(45-41(44-38)29-15-7-4-8-16-29)32-23-24-37(43-27-32)28-13-5-3-6-14-28/h3-27H,1-2H3. The predicted octanol–water partition coefficient (Wildman–Crippen LogP) is 10.5. The van der Waals surface area contributed by atoms with E-state index in [1.54, 1.807) is 0 Å². The van der Waals surface area contributed by atoms with Gasteiger partial charge >= 0.3 is 0 Å². The first-order chi connectivity index (χ1) is 22.1.